The quantitative estimate of drug-likeness (QED) is 0.753. The van der Waals surface area contributed by atoms with Crippen molar-refractivity contribution in [3.8, 4) is 0 Å². The third-order valence-corrected chi connectivity index (χ3v) is 4.86. The molecule has 0 atom stereocenters. The van der Waals surface area contributed by atoms with Crippen LogP contribution < -0.4 is 11.5 Å². The van der Waals surface area contributed by atoms with Gasteiger partial charge in [0.1, 0.15) is 0 Å². The van der Waals surface area contributed by atoms with Gasteiger partial charge in [0.05, 0.1) is 5.75 Å². The largest absolute Gasteiger partial charge is 0.374 e. The van der Waals surface area contributed by atoms with Crippen LogP contribution in [0.3, 0.4) is 0 Å². The zero-order valence-electron chi connectivity index (χ0n) is 10.2. The molecule has 9 heteroatoms. The summed E-state index contributed by atoms with van der Waals surface area (Å²) in [5.74, 6) is -0.0114. The number of anilines is 1. The third-order valence-electron chi connectivity index (χ3n) is 2.99. The maximum Gasteiger partial charge on any atom is 0.233 e. The van der Waals surface area contributed by atoms with Crippen molar-refractivity contribution in [1.82, 2.24) is 15.1 Å². The highest BCUT2D eigenvalue weighted by Crippen LogP contribution is 2.24. The molecule has 2 rings (SSSR count). The van der Waals surface area contributed by atoms with Crippen LogP contribution in [0, 0.1) is 5.92 Å². The fourth-order valence-electron chi connectivity index (χ4n) is 1.91. The number of nitrogens with zero attached hydrogens (tertiary/aromatic N) is 3. The molecule has 1 aliphatic heterocycles. The highest BCUT2D eigenvalue weighted by molar-refractivity contribution is 8.01. The van der Waals surface area contributed by atoms with Gasteiger partial charge >= 0.3 is 0 Å². The van der Waals surface area contributed by atoms with Gasteiger partial charge in [-0.15, -0.1) is 10.2 Å². The smallest absolute Gasteiger partial charge is 0.233 e. The van der Waals surface area contributed by atoms with Crippen molar-refractivity contribution in [1.29, 1.82) is 0 Å². The summed E-state index contributed by atoms with van der Waals surface area (Å²) in [6, 6.07) is 0. The molecule has 0 aliphatic carbocycles. The van der Waals surface area contributed by atoms with E-state index in [4.69, 9.17) is 11.5 Å². The standard InChI is InChI=1S/C10H15N5O2S2/c11-8(17)6-1-3-15(4-2-6)7(16)5-18-10-14-13-9(12)19-10/h6H,1-5H2,(H2,11,17)(H2,12,13). The number of amides is 2. The second kappa shape index (κ2) is 6.20. The molecule has 0 unspecified atom stereocenters. The lowest BCUT2D eigenvalue weighted by Crippen LogP contribution is -2.42. The van der Waals surface area contributed by atoms with E-state index in [0.717, 1.165) is 0 Å². The molecule has 0 spiro atoms. The van der Waals surface area contributed by atoms with E-state index >= 15 is 0 Å². The van der Waals surface area contributed by atoms with E-state index in [1.165, 1.54) is 23.1 Å². The average Bonchev–Trinajstić information content (AvgIpc) is 2.82. The predicted octanol–water partition coefficient (Wildman–Crippen LogP) is -0.0637. The first-order valence-corrected chi connectivity index (χ1v) is 7.65. The molecule has 1 aromatic rings. The summed E-state index contributed by atoms with van der Waals surface area (Å²) in [5.41, 5.74) is 10.7. The Balaban J connectivity index is 1.77. The molecule has 0 bridgehead atoms. The number of hydrogen-bond acceptors (Lipinski definition) is 7. The number of aromatic nitrogens is 2. The summed E-state index contributed by atoms with van der Waals surface area (Å²) in [6.07, 6.45) is 1.30. The van der Waals surface area contributed by atoms with Gasteiger partial charge in [0.15, 0.2) is 4.34 Å². The van der Waals surface area contributed by atoms with Crippen molar-refractivity contribution in [3.05, 3.63) is 0 Å². The number of nitrogens with two attached hydrogens (primary N) is 2. The van der Waals surface area contributed by atoms with Gasteiger partial charge in [-0.25, -0.2) is 0 Å². The molecule has 4 N–H and O–H groups in total. The van der Waals surface area contributed by atoms with E-state index in [2.05, 4.69) is 10.2 Å². The van der Waals surface area contributed by atoms with E-state index in [1.807, 2.05) is 0 Å². The van der Waals surface area contributed by atoms with Crippen molar-refractivity contribution in [2.75, 3.05) is 24.6 Å². The Bertz CT molecular complexity index is 470. The fraction of sp³-hybridized carbons (Fsp3) is 0.600. The fourth-order valence-corrected chi connectivity index (χ4v) is 3.45. The van der Waals surface area contributed by atoms with Crippen LogP contribution in [0.1, 0.15) is 12.8 Å². The maximum atomic E-state index is 12.0. The van der Waals surface area contributed by atoms with Crippen LogP contribution in [0.15, 0.2) is 4.34 Å². The van der Waals surface area contributed by atoms with E-state index in [9.17, 15) is 9.59 Å². The van der Waals surface area contributed by atoms with Crippen molar-refractivity contribution in [2.45, 2.75) is 17.2 Å². The summed E-state index contributed by atoms with van der Waals surface area (Å²) >= 11 is 2.60. The summed E-state index contributed by atoms with van der Waals surface area (Å²) in [5, 5.41) is 7.93. The summed E-state index contributed by atoms with van der Waals surface area (Å²) < 4.78 is 0.692. The minimum Gasteiger partial charge on any atom is -0.374 e. The molecule has 0 radical (unpaired) electrons. The van der Waals surface area contributed by atoms with Crippen molar-refractivity contribution in [2.24, 2.45) is 11.7 Å². The molecule has 0 saturated carbocycles. The molecule has 1 aromatic heterocycles. The zero-order chi connectivity index (χ0) is 13.8. The second-order valence-corrected chi connectivity index (χ2v) is 6.48. The van der Waals surface area contributed by atoms with E-state index < -0.39 is 0 Å². The first-order valence-electron chi connectivity index (χ1n) is 5.85. The summed E-state index contributed by atoms with van der Waals surface area (Å²) in [6.45, 7) is 1.18. The number of likely N-dealkylation sites (tertiary alicyclic amines) is 1. The number of thioether (sulfide) groups is 1. The number of rotatable bonds is 4. The molecule has 7 nitrogen and oxygen atoms in total. The molecule has 1 saturated heterocycles. The van der Waals surface area contributed by atoms with Crippen LogP contribution in [0.2, 0.25) is 0 Å². The number of nitrogen functional groups attached to an aromatic ring is 1. The maximum absolute atomic E-state index is 12.0. The van der Waals surface area contributed by atoms with Crippen LogP contribution in [0.5, 0.6) is 0 Å². The van der Waals surface area contributed by atoms with Gasteiger partial charge in [-0.1, -0.05) is 23.1 Å². The van der Waals surface area contributed by atoms with Crippen LogP contribution in [0.4, 0.5) is 5.13 Å². The van der Waals surface area contributed by atoms with Gasteiger partial charge in [0.25, 0.3) is 0 Å². The average molecular weight is 301 g/mol. The molecule has 1 aliphatic rings. The Labute approximate surface area is 118 Å². The van der Waals surface area contributed by atoms with Crippen molar-refractivity contribution in [3.63, 3.8) is 0 Å². The molecule has 1 fully saturated rings. The van der Waals surface area contributed by atoms with Crippen LogP contribution >= 0.6 is 23.1 Å². The molecular formula is C10H15N5O2S2. The highest BCUT2D eigenvalue weighted by atomic mass is 32.2. The minimum absolute atomic E-state index is 0.0432. The Morgan fingerprint density at radius 1 is 1.37 bits per heavy atom. The van der Waals surface area contributed by atoms with E-state index in [-0.39, 0.29) is 17.7 Å². The number of hydrogen-bond donors (Lipinski definition) is 2. The second-order valence-electron chi connectivity index (χ2n) is 4.25. The lowest BCUT2D eigenvalue weighted by atomic mass is 9.96. The minimum atomic E-state index is -0.272. The van der Waals surface area contributed by atoms with Crippen molar-refractivity contribution < 1.29 is 9.59 Å². The SMILES string of the molecule is NC(=O)C1CCN(C(=O)CSc2nnc(N)s2)CC1. The Morgan fingerprint density at radius 2 is 2.05 bits per heavy atom. The van der Waals surface area contributed by atoms with Gasteiger partial charge in [0, 0.05) is 19.0 Å². The Hall–Kier alpha value is -1.35. The molecule has 19 heavy (non-hydrogen) atoms. The highest BCUT2D eigenvalue weighted by Gasteiger charge is 2.25. The topological polar surface area (TPSA) is 115 Å². The Kier molecular flexibility index (Phi) is 4.59. The van der Waals surface area contributed by atoms with Crippen molar-refractivity contribution >= 4 is 40.0 Å². The molecule has 2 heterocycles. The number of carbonyl (C=O) groups excluding carboxylic acids is 2. The Morgan fingerprint density at radius 3 is 2.58 bits per heavy atom. The summed E-state index contributed by atoms with van der Waals surface area (Å²) in [7, 11) is 0. The molecular weight excluding hydrogens is 286 g/mol. The van der Waals surface area contributed by atoms with E-state index in [0.29, 0.717) is 41.2 Å². The van der Waals surface area contributed by atoms with E-state index in [1.54, 1.807) is 4.90 Å². The van der Waals surface area contributed by atoms with Gasteiger partial charge in [-0.3, -0.25) is 9.59 Å². The van der Waals surface area contributed by atoms with Gasteiger partial charge in [-0.05, 0) is 12.8 Å². The van der Waals surface area contributed by atoms with Crippen LogP contribution in [0.25, 0.3) is 0 Å². The zero-order valence-corrected chi connectivity index (χ0v) is 11.9. The lowest BCUT2D eigenvalue weighted by molar-refractivity contribution is -0.132. The number of piperidine rings is 1. The number of carbonyl (C=O) groups is 2. The van der Waals surface area contributed by atoms with Gasteiger partial charge in [0.2, 0.25) is 16.9 Å². The van der Waals surface area contributed by atoms with Crippen LogP contribution in [-0.2, 0) is 9.59 Å². The first kappa shape index (κ1) is 14.1. The molecule has 2 amide bonds. The van der Waals surface area contributed by atoms with Gasteiger partial charge in [-0.2, -0.15) is 0 Å². The van der Waals surface area contributed by atoms with Gasteiger partial charge < -0.3 is 16.4 Å². The number of primary amides is 1. The first-order chi connectivity index (χ1) is 9.06. The molecule has 0 aromatic carbocycles. The lowest BCUT2D eigenvalue weighted by Gasteiger charge is -2.30. The third kappa shape index (κ3) is 3.80. The summed E-state index contributed by atoms with van der Waals surface area (Å²) in [4.78, 5) is 24.8. The molecule has 104 valence electrons. The normalized spacial score (nSPS) is 16.5. The predicted molar refractivity (Wildman–Crippen MR) is 73.5 cm³/mol. The monoisotopic (exact) mass is 301 g/mol. The van der Waals surface area contributed by atoms with Crippen LogP contribution in [-0.4, -0.2) is 45.8 Å².